The molecule has 2 saturated carbocycles. The van der Waals surface area contributed by atoms with E-state index in [0.29, 0.717) is 18.8 Å². The Bertz CT molecular complexity index is 1210. The summed E-state index contributed by atoms with van der Waals surface area (Å²) in [5.41, 5.74) is 2.72. The molecule has 34 heavy (non-hydrogen) atoms. The molecule has 0 bridgehead atoms. The van der Waals surface area contributed by atoms with E-state index in [1.807, 2.05) is 16.8 Å². The summed E-state index contributed by atoms with van der Waals surface area (Å²) < 4.78 is 1.93. The van der Waals surface area contributed by atoms with E-state index in [-0.39, 0.29) is 23.7 Å². The summed E-state index contributed by atoms with van der Waals surface area (Å²) >= 11 is 1.67. The lowest BCUT2D eigenvalue weighted by molar-refractivity contribution is -0.119. The lowest BCUT2D eigenvalue weighted by atomic mass is 9.90. The number of pyridine rings is 1. The van der Waals surface area contributed by atoms with Crippen molar-refractivity contribution in [3.63, 3.8) is 0 Å². The molecule has 1 amide bonds. The van der Waals surface area contributed by atoms with Crippen LogP contribution in [0.1, 0.15) is 63.8 Å². The lowest BCUT2D eigenvalue weighted by Crippen LogP contribution is -2.29. The van der Waals surface area contributed by atoms with Crippen molar-refractivity contribution in [2.24, 2.45) is 11.8 Å². The zero-order chi connectivity index (χ0) is 23.1. The summed E-state index contributed by atoms with van der Waals surface area (Å²) in [5, 5.41) is 15.0. The van der Waals surface area contributed by atoms with E-state index in [9.17, 15) is 9.59 Å². The van der Waals surface area contributed by atoms with Gasteiger partial charge in [0, 0.05) is 34.8 Å². The van der Waals surface area contributed by atoms with Crippen LogP contribution in [0.25, 0.3) is 0 Å². The molecule has 3 aliphatic carbocycles. The highest BCUT2D eigenvalue weighted by atomic mass is 32.1. The van der Waals surface area contributed by atoms with Gasteiger partial charge in [0.15, 0.2) is 0 Å². The molecule has 0 aromatic carbocycles. The summed E-state index contributed by atoms with van der Waals surface area (Å²) in [6.45, 7) is 0.727. The molecule has 3 aliphatic rings. The smallest absolute Gasteiger partial charge is 0.252 e. The number of carbonyl (C=O) groups is 2. The van der Waals surface area contributed by atoms with Crippen LogP contribution in [0, 0.1) is 11.8 Å². The number of rotatable bonds is 9. The molecule has 3 aromatic rings. The van der Waals surface area contributed by atoms with Gasteiger partial charge >= 0.3 is 0 Å². The molecule has 6 rings (SSSR count). The molecule has 3 aromatic heterocycles. The minimum Gasteiger partial charge on any atom is -0.352 e. The first-order valence-corrected chi connectivity index (χ1v) is 13.0. The van der Waals surface area contributed by atoms with Crippen molar-refractivity contribution < 1.29 is 9.59 Å². The highest BCUT2D eigenvalue weighted by Gasteiger charge is 2.35. The Hall–Kier alpha value is -3.07. The fraction of sp³-hybridized carbons (Fsp3) is 0.480. The molecule has 0 saturated heterocycles. The van der Waals surface area contributed by atoms with E-state index in [0.717, 1.165) is 59.7 Å². The fourth-order valence-corrected chi connectivity index (χ4v) is 6.12. The summed E-state index contributed by atoms with van der Waals surface area (Å²) in [6, 6.07) is 3.92. The molecule has 1 unspecified atom stereocenters. The van der Waals surface area contributed by atoms with Gasteiger partial charge in [-0.25, -0.2) is 4.68 Å². The number of nitrogens with one attached hydrogen (secondary N) is 2. The van der Waals surface area contributed by atoms with Crippen LogP contribution in [0.3, 0.4) is 0 Å². The van der Waals surface area contributed by atoms with Crippen LogP contribution in [-0.2, 0) is 24.1 Å². The quantitative estimate of drug-likeness (QED) is 0.486. The van der Waals surface area contributed by atoms with E-state index in [2.05, 4.69) is 25.9 Å². The van der Waals surface area contributed by atoms with Crippen LogP contribution < -0.4 is 10.6 Å². The van der Waals surface area contributed by atoms with E-state index >= 15 is 0 Å². The number of anilines is 2. The van der Waals surface area contributed by atoms with Crippen molar-refractivity contribution in [2.45, 2.75) is 57.4 Å². The number of carbonyl (C=O) groups excluding carboxylic acids is 2. The molecule has 9 heteroatoms. The highest BCUT2D eigenvalue weighted by Crippen LogP contribution is 2.41. The molecular formula is C25H28N6O2S. The minimum atomic E-state index is -0.0176. The van der Waals surface area contributed by atoms with Crippen LogP contribution in [-0.4, -0.2) is 38.2 Å². The van der Waals surface area contributed by atoms with Gasteiger partial charge in [0.25, 0.3) is 5.91 Å². The van der Waals surface area contributed by atoms with Gasteiger partial charge < -0.3 is 10.6 Å². The second-order valence-corrected chi connectivity index (χ2v) is 10.9. The number of fused-ring (bicyclic) bond motifs is 1. The predicted octanol–water partition coefficient (Wildman–Crippen LogP) is 3.87. The van der Waals surface area contributed by atoms with E-state index in [1.54, 1.807) is 29.9 Å². The van der Waals surface area contributed by atoms with Gasteiger partial charge in [0.2, 0.25) is 0 Å². The zero-order valence-electron chi connectivity index (χ0n) is 19.0. The monoisotopic (exact) mass is 476 g/mol. The maximum atomic E-state index is 13.3. The Morgan fingerprint density at radius 3 is 2.79 bits per heavy atom. The third-order valence-electron chi connectivity index (χ3n) is 7.01. The average molecular weight is 477 g/mol. The Morgan fingerprint density at radius 2 is 2.03 bits per heavy atom. The molecule has 176 valence electrons. The fourth-order valence-electron chi connectivity index (χ4n) is 4.76. The number of ketones is 1. The van der Waals surface area contributed by atoms with Gasteiger partial charge in [-0.15, -0.1) is 16.4 Å². The molecule has 8 nitrogen and oxygen atoms in total. The van der Waals surface area contributed by atoms with E-state index < -0.39 is 0 Å². The number of hydrogen-bond donors (Lipinski definition) is 2. The highest BCUT2D eigenvalue weighted by molar-refractivity contribution is 7.12. The van der Waals surface area contributed by atoms with Gasteiger partial charge in [-0.2, -0.15) is 0 Å². The van der Waals surface area contributed by atoms with Crippen molar-refractivity contribution in [2.75, 3.05) is 11.9 Å². The van der Waals surface area contributed by atoms with Gasteiger partial charge in [0.05, 0.1) is 29.7 Å². The third-order valence-corrected chi connectivity index (χ3v) is 8.30. The molecule has 0 aliphatic heterocycles. The van der Waals surface area contributed by atoms with Gasteiger partial charge in [-0.05, 0) is 68.6 Å². The predicted molar refractivity (Wildman–Crippen MR) is 129 cm³/mol. The van der Waals surface area contributed by atoms with Gasteiger partial charge in [-0.1, -0.05) is 5.21 Å². The second-order valence-electron chi connectivity index (χ2n) is 9.70. The second kappa shape index (κ2) is 8.94. The van der Waals surface area contributed by atoms with Crippen LogP contribution in [0.5, 0.6) is 0 Å². The Labute approximate surface area is 202 Å². The van der Waals surface area contributed by atoms with Crippen molar-refractivity contribution in [1.29, 1.82) is 0 Å². The standard InChI is InChI=1S/C25H28N6O2S/c32-20(16-5-6-16)11-22-24(25(33)27-12-15-3-4-15)19-10-18(7-8-21(19)34-22)31-23(14-28-30-31)29-17-2-1-9-26-13-17/h1-2,9,13-16,18,29H,3-8,10-12H2,(H,27,33). The molecule has 0 spiro atoms. The largest absolute Gasteiger partial charge is 0.352 e. The first-order chi connectivity index (χ1) is 16.7. The minimum absolute atomic E-state index is 0.0176. The molecule has 2 fully saturated rings. The first-order valence-electron chi connectivity index (χ1n) is 12.2. The normalized spacial score (nSPS) is 19.5. The molecule has 3 heterocycles. The maximum absolute atomic E-state index is 13.3. The summed E-state index contributed by atoms with van der Waals surface area (Å²) in [6.07, 6.45) is 12.5. The van der Waals surface area contributed by atoms with Gasteiger partial charge in [0.1, 0.15) is 11.6 Å². The van der Waals surface area contributed by atoms with E-state index in [1.165, 1.54) is 17.7 Å². The summed E-state index contributed by atoms with van der Waals surface area (Å²) in [4.78, 5) is 32.3. The molecule has 1 atom stereocenters. The SMILES string of the molecule is O=C(NCC1CC1)c1c(CC(=O)C2CC2)sc2c1CC(n1nncc1Nc1cccnc1)CC2. The molecular weight excluding hydrogens is 448 g/mol. The Balaban J connectivity index is 1.27. The van der Waals surface area contributed by atoms with Crippen LogP contribution in [0.4, 0.5) is 11.5 Å². The van der Waals surface area contributed by atoms with Crippen LogP contribution in [0.15, 0.2) is 30.7 Å². The Kier molecular flexibility index (Phi) is 5.64. The van der Waals surface area contributed by atoms with Crippen molar-refractivity contribution in [1.82, 2.24) is 25.3 Å². The number of aromatic nitrogens is 4. The van der Waals surface area contributed by atoms with Crippen LogP contribution in [0.2, 0.25) is 0 Å². The van der Waals surface area contributed by atoms with Crippen molar-refractivity contribution >= 4 is 34.5 Å². The average Bonchev–Trinajstić information content (AvgIpc) is 3.77. The van der Waals surface area contributed by atoms with Crippen molar-refractivity contribution in [3.05, 3.63) is 51.6 Å². The van der Waals surface area contributed by atoms with Crippen molar-refractivity contribution in [3.8, 4) is 0 Å². The zero-order valence-corrected chi connectivity index (χ0v) is 19.8. The number of aryl methyl sites for hydroxylation is 1. The maximum Gasteiger partial charge on any atom is 0.252 e. The number of nitrogens with zero attached hydrogens (tertiary/aromatic N) is 4. The number of Topliss-reactive ketones (excluding diaryl/α,β-unsaturated/α-hetero) is 1. The topological polar surface area (TPSA) is 102 Å². The number of amides is 1. The number of hydrogen-bond acceptors (Lipinski definition) is 7. The molecule has 2 N–H and O–H groups in total. The van der Waals surface area contributed by atoms with Gasteiger partial charge in [-0.3, -0.25) is 14.6 Å². The third kappa shape index (κ3) is 4.49. The van der Waals surface area contributed by atoms with Crippen LogP contribution >= 0.6 is 11.3 Å². The summed E-state index contributed by atoms with van der Waals surface area (Å²) in [5.74, 6) is 1.88. The molecule has 0 radical (unpaired) electrons. The Morgan fingerprint density at radius 1 is 1.15 bits per heavy atom. The van der Waals surface area contributed by atoms with E-state index in [4.69, 9.17) is 0 Å². The first kappa shape index (κ1) is 21.5. The summed E-state index contributed by atoms with van der Waals surface area (Å²) in [7, 11) is 0. The lowest BCUT2D eigenvalue weighted by Gasteiger charge is -2.24. The number of thiophene rings is 1.